The SMILES string of the molecule is CCNC(=NCc1ccnc(OCC2CC2)c1)NCC(=O)N(C)C. The summed E-state index contributed by atoms with van der Waals surface area (Å²) in [5.41, 5.74) is 1.02. The van der Waals surface area contributed by atoms with Crippen LogP contribution in [0.1, 0.15) is 25.3 Å². The van der Waals surface area contributed by atoms with E-state index in [9.17, 15) is 4.79 Å². The van der Waals surface area contributed by atoms with Gasteiger partial charge in [-0.05, 0) is 37.3 Å². The Morgan fingerprint density at radius 3 is 2.88 bits per heavy atom. The molecule has 1 saturated carbocycles. The first-order chi connectivity index (χ1) is 11.6. The van der Waals surface area contributed by atoms with E-state index in [0.29, 0.717) is 24.3 Å². The molecule has 0 spiro atoms. The number of hydrogen-bond donors (Lipinski definition) is 2. The zero-order valence-electron chi connectivity index (χ0n) is 14.7. The summed E-state index contributed by atoms with van der Waals surface area (Å²) >= 11 is 0. The molecule has 7 heteroatoms. The Kier molecular flexibility index (Phi) is 6.84. The van der Waals surface area contributed by atoms with Gasteiger partial charge in [0.15, 0.2) is 5.96 Å². The van der Waals surface area contributed by atoms with Gasteiger partial charge in [0.1, 0.15) is 0 Å². The Morgan fingerprint density at radius 1 is 1.42 bits per heavy atom. The number of hydrogen-bond acceptors (Lipinski definition) is 4. The fraction of sp³-hybridized carbons (Fsp3) is 0.588. The molecule has 1 heterocycles. The molecule has 1 fully saturated rings. The van der Waals surface area contributed by atoms with Crippen LogP contribution in [-0.4, -0.2) is 55.5 Å². The molecular formula is C17H27N5O2. The van der Waals surface area contributed by atoms with Crippen molar-refractivity contribution in [3.63, 3.8) is 0 Å². The molecule has 7 nitrogen and oxygen atoms in total. The molecular weight excluding hydrogens is 306 g/mol. The van der Waals surface area contributed by atoms with Gasteiger partial charge in [-0.1, -0.05) is 0 Å². The summed E-state index contributed by atoms with van der Waals surface area (Å²) in [5.74, 6) is 1.97. The maximum atomic E-state index is 11.7. The number of aromatic nitrogens is 1. The zero-order valence-corrected chi connectivity index (χ0v) is 14.7. The third-order valence-electron chi connectivity index (χ3n) is 3.63. The molecule has 132 valence electrons. The van der Waals surface area contributed by atoms with Crippen LogP contribution < -0.4 is 15.4 Å². The average Bonchev–Trinajstić information content (AvgIpc) is 3.40. The van der Waals surface area contributed by atoms with Gasteiger partial charge in [-0.25, -0.2) is 9.98 Å². The van der Waals surface area contributed by atoms with Gasteiger partial charge in [0.25, 0.3) is 0 Å². The molecule has 0 atom stereocenters. The van der Waals surface area contributed by atoms with E-state index in [1.54, 1.807) is 25.2 Å². The Hall–Kier alpha value is -2.31. The van der Waals surface area contributed by atoms with Gasteiger partial charge in [-0.3, -0.25) is 4.79 Å². The van der Waals surface area contributed by atoms with Gasteiger partial charge < -0.3 is 20.3 Å². The average molecular weight is 333 g/mol. The highest BCUT2D eigenvalue weighted by Gasteiger charge is 2.22. The summed E-state index contributed by atoms with van der Waals surface area (Å²) < 4.78 is 5.69. The molecule has 0 saturated heterocycles. The highest BCUT2D eigenvalue weighted by molar-refractivity contribution is 5.86. The second-order valence-corrected chi connectivity index (χ2v) is 6.09. The molecule has 0 aromatic carbocycles. The highest BCUT2D eigenvalue weighted by atomic mass is 16.5. The van der Waals surface area contributed by atoms with Crippen molar-refractivity contribution in [3.05, 3.63) is 23.9 Å². The number of pyridine rings is 1. The Labute approximate surface area is 143 Å². The van der Waals surface area contributed by atoms with Crippen molar-refractivity contribution in [2.45, 2.75) is 26.3 Å². The molecule has 1 aliphatic rings. The topological polar surface area (TPSA) is 78.9 Å². The third kappa shape index (κ3) is 6.44. The molecule has 1 aliphatic carbocycles. The number of guanidine groups is 1. The molecule has 2 N–H and O–H groups in total. The molecule has 1 aromatic rings. The lowest BCUT2D eigenvalue weighted by Gasteiger charge is -2.14. The van der Waals surface area contributed by atoms with Crippen LogP contribution in [-0.2, 0) is 11.3 Å². The number of rotatable bonds is 8. The smallest absolute Gasteiger partial charge is 0.241 e. The van der Waals surface area contributed by atoms with Crippen molar-refractivity contribution in [2.24, 2.45) is 10.9 Å². The molecule has 24 heavy (non-hydrogen) atoms. The maximum Gasteiger partial charge on any atom is 0.241 e. The van der Waals surface area contributed by atoms with Crippen molar-refractivity contribution in [1.82, 2.24) is 20.5 Å². The minimum Gasteiger partial charge on any atom is -0.477 e. The van der Waals surface area contributed by atoms with Gasteiger partial charge >= 0.3 is 0 Å². The number of aliphatic imine (C=N–C) groups is 1. The number of nitrogens with one attached hydrogen (secondary N) is 2. The van der Waals surface area contributed by atoms with E-state index in [1.807, 2.05) is 19.1 Å². The fourth-order valence-electron chi connectivity index (χ4n) is 1.95. The second-order valence-electron chi connectivity index (χ2n) is 6.09. The van der Waals surface area contributed by atoms with Crippen LogP contribution >= 0.6 is 0 Å². The highest BCUT2D eigenvalue weighted by Crippen LogP contribution is 2.29. The minimum atomic E-state index is 0.000256. The first-order valence-corrected chi connectivity index (χ1v) is 8.38. The van der Waals surface area contributed by atoms with E-state index in [2.05, 4.69) is 20.6 Å². The van der Waals surface area contributed by atoms with Crippen molar-refractivity contribution >= 4 is 11.9 Å². The standard InChI is InChI=1S/C17H27N5O2/c1-4-18-17(21-11-16(23)22(2)3)20-10-14-7-8-19-15(9-14)24-12-13-5-6-13/h7-9,13H,4-6,10-12H2,1-3H3,(H2,18,20,21). The van der Waals surface area contributed by atoms with E-state index in [0.717, 1.165) is 18.7 Å². The number of amides is 1. The van der Waals surface area contributed by atoms with Crippen LogP contribution in [0.3, 0.4) is 0 Å². The molecule has 1 amide bonds. The molecule has 0 radical (unpaired) electrons. The normalized spacial score (nSPS) is 14.2. The predicted molar refractivity (Wildman–Crippen MR) is 94.0 cm³/mol. The van der Waals surface area contributed by atoms with Crippen molar-refractivity contribution in [3.8, 4) is 5.88 Å². The summed E-state index contributed by atoms with van der Waals surface area (Å²) in [7, 11) is 3.46. The second kappa shape index (κ2) is 9.10. The largest absolute Gasteiger partial charge is 0.477 e. The summed E-state index contributed by atoms with van der Waals surface area (Å²) in [6, 6.07) is 3.84. The van der Waals surface area contributed by atoms with Crippen LogP contribution in [0.25, 0.3) is 0 Å². The van der Waals surface area contributed by atoms with Crippen LogP contribution in [0.5, 0.6) is 5.88 Å². The minimum absolute atomic E-state index is 0.000256. The van der Waals surface area contributed by atoms with Crippen LogP contribution in [0.2, 0.25) is 0 Å². The van der Waals surface area contributed by atoms with Crippen LogP contribution in [0.4, 0.5) is 0 Å². The third-order valence-corrected chi connectivity index (χ3v) is 3.63. The van der Waals surface area contributed by atoms with Crippen molar-refractivity contribution in [2.75, 3.05) is 33.8 Å². The molecule has 0 bridgehead atoms. The quantitative estimate of drug-likeness (QED) is 0.548. The van der Waals surface area contributed by atoms with E-state index >= 15 is 0 Å². The summed E-state index contributed by atoms with van der Waals surface area (Å²) in [6.45, 7) is 4.17. The molecule has 0 aliphatic heterocycles. The number of ether oxygens (including phenoxy) is 1. The lowest BCUT2D eigenvalue weighted by Crippen LogP contribution is -2.42. The fourth-order valence-corrected chi connectivity index (χ4v) is 1.95. The Balaban J connectivity index is 1.89. The first-order valence-electron chi connectivity index (χ1n) is 8.38. The summed E-state index contributed by atoms with van der Waals surface area (Å²) in [6.07, 6.45) is 4.25. The van der Waals surface area contributed by atoms with Crippen molar-refractivity contribution < 1.29 is 9.53 Å². The van der Waals surface area contributed by atoms with E-state index in [4.69, 9.17) is 4.74 Å². The van der Waals surface area contributed by atoms with E-state index in [1.165, 1.54) is 12.8 Å². The van der Waals surface area contributed by atoms with E-state index in [-0.39, 0.29) is 12.5 Å². The van der Waals surface area contributed by atoms with Gasteiger partial charge in [0.05, 0.1) is 19.7 Å². The Morgan fingerprint density at radius 2 is 2.21 bits per heavy atom. The number of carbonyl (C=O) groups is 1. The lowest BCUT2D eigenvalue weighted by molar-refractivity contribution is -0.127. The van der Waals surface area contributed by atoms with Gasteiger partial charge in [-0.15, -0.1) is 0 Å². The van der Waals surface area contributed by atoms with Gasteiger partial charge in [0, 0.05) is 32.9 Å². The number of nitrogens with zero attached hydrogens (tertiary/aromatic N) is 3. The predicted octanol–water partition coefficient (Wildman–Crippen LogP) is 1.01. The van der Waals surface area contributed by atoms with Crippen LogP contribution in [0, 0.1) is 5.92 Å². The van der Waals surface area contributed by atoms with Crippen LogP contribution in [0.15, 0.2) is 23.3 Å². The van der Waals surface area contributed by atoms with Gasteiger partial charge in [-0.2, -0.15) is 0 Å². The summed E-state index contributed by atoms with van der Waals surface area (Å²) in [4.78, 5) is 21.9. The van der Waals surface area contributed by atoms with Crippen molar-refractivity contribution in [1.29, 1.82) is 0 Å². The number of likely N-dealkylation sites (N-methyl/N-ethyl adjacent to an activating group) is 1. The summed E-state index contributed by atoms with van der Waals surface area (Å²) in [5, 5.41) is 6.17. The maximum absolute atomic E-state index is 11.7. The Bertz CT molecular complexity index is 570. The van der Waals surface area contributed by atoms with Gasteiger partial charge in [0.2, 0.25) is 11.8 Å². The van der Waals surface area contributed by atoms with E-state index < -0.39 is 0 Å². The first kappa shape index (κ1) is 18.0. The molecule has 1 aromatic heterocycles. The zero-order chi connectivity index (χ0) is 17.4. The lowest BCUT2D eigenvalue weighted by atomic mass is 10.3. The molecule has 0 unspecified atom stereocenters. The monoisotopic (exact) mass is 333 g/mol. The molecule has 2 rings (SSSR count). The number of carbonyl (C=O) groups excluding carboxylic acids is 1.